The highest BCUT2D eigenvalue weighted by Gasteiger charge is 2.20. The maximum atomic E-state index is 5.66. The summed E-state index contributed by atoms with van der Waals surface area (Å²) in [5.74, 6) is 0.818. The van der Waals surface area contributed by atoms with Crippen molar-refractivity contribution in [1.82, 2.24) is 0 Å². The van der Waals surface area contributed by atoms with Gasteiger partial charge in [-0.05, 0) is 59.2 Å². The Bertz CT molecular complexity index is 471. The van der Waals surface area contributed by atoms with E-state index < -0.39 is 2.33 Å². The van der Waals surface area contributed by atoms with Gasteiger partial charge >= 0.3 is 0 Å². The summed E-state index contributed by atoms with van der Waals surface area (Å²) in [5.41, 5.74) is 0. The molecule has 0 N–H and O–H groups in total. The predicted molar refractivity (Wildman–Crippen MR) is 74.1 cm³/mol. The molecule has 0 amide bonds. The van der Waals surface area contributed by atoms with Gasteiger partial charge in [0, 0.05) is 5.39 Å². The van der Waals surface area contributed by atoms with Crippen molar-refractivity contribution >= 4 is 58.6 Å². The van der Waals surface area contributed by atoms with Crippen molar-refractivity contribution in [2.24, 2.45) is 0 Å². The van der Waals surface area contributed by atoms with Gasteiger partial charge in [0.1, 0.15) is 5.75 Å². The molecule has 1 nitrogen and oxygen atoms in total. The third kappa shape index (κ3) is 2.95. The van der Waals surface area contributed by atoms with Crippen LogP contribution in [0, 0.1) is 0 Å². The lowest BCUT2D eigenvalue weighted by molar-refractivity contribution is 0.361. The van der Waals surface area contributed by atoms with E-state index in [1.165, 1.54) is 0 Å². The zero-order chi connectivity index (χ0) is 10.9. The summed E-state index contributed by atoms with van der Waals surface area (Å²) in [4.78, 5) is 0. The van der Waals surface area contributed by atoms with E-state index in [4.69, 9.17) is 4.74 Å². The average molecular weight is 395 g/mol. The Kier molecular flexibility index (Phi) is 3.38. The molecule has 78 valence electrons. The number of benzene rings is 2. The molecule has 0 spiro atoms. The lowest BCUT2D eigenvalue weighted by atomic mass is 10.1. The second-order valence-corrected chi connectivity index (χ2v) is 9.57. The third-order valence-corrected chi connectivity index (χ3v) is 2.46. The highest BCUT2D eigenvalue weighted by molar-refractivity contribution is 9.39. The Balaban J connectivity index is 2.52. The SMILES string of the molecule is BrC(Br)(Br)Oc1cccc2ccccc12. The van der Waals surface area contributed by atoms with Gasteiger partial charge in [-0.3, -0.25) is 0 Å². The Morgan fingerprint density at radius 1 is 0.867 bits per heavy atom. The number of rotatable bonds is 1. The molecule has 15 heavy (non-hydrogen) atoms. The van der Waals surface area contributed by atoms with Crippen molar-refractivity contribution in [2.75, 3.05) is 0 Å². The minimum Gasteiger partial charge on any atom is -0.456 e. The summed E-state index contributed by atoms with van der Waals surface area (Å²) in [6.07, 6.45) is 0. The quantitative estimate of drug-likeness (QED) is 0.617. The average Bonchev–Trinajstić information content (AvgIpc) is 2.16. The second kappa shape index (κ2) is 4.44. The van der Waals surface area contributed by atoms with E-state index in [2.05, 4.69) is 59.9 Å². The number of fused-ring (bicyclic) bond motifs is 1. The highest BCUT2D eigenvalue weighted by atomic mass is 80.0. The first-order valence-corrected chi connectivity index (χ1v) is 6.68. The molecule has 0 saturated carbocycles. The summed E-state index contributed by atoms with van der Waals surface area (Å²) < 4.78 is 4.95. The van der Waals surface area contributed by atoms with Crippen LogP contribution in [0.15, 0.2) is 42.5 Å². The third-order valence-electron chi connectivity index (χ3n) is 1.98. The fourth-order valence-corrected chi connectivity index (χ4v) is 1.93. The van der Waals surface area contributed by atoms with Crippen molar-refractivity contribution in [2.45, 2.75) is 2.33 Å². The van der Waals surface area contributed by atoms with E-state index in [1.54, 1.807) is 0 Å². The van der Waals surface area contributed by atoms with Crippen LogP contribution in [0.1, 0.15) is 0 Å². The minimum absolute atomic E-state index is 0.711. The van der Waals surface area contributed by atoms with Crippen molar-refractivity contribution in [3.05, 3.63) is 42.5 Å². The van der Waals surface area contributed by atoms with Gasteiger partial charge < -0.3 is 4.74 Å². The molecule has 0 aliphatic heterocycles. The molecule has 0 unspecified atom stereocenters. The normalized spacial score (nSPS) is 11.7. The smallest absolute Gasteiger partial charge is 0.272 e. The van der Waals surface area contributed by atoms with Gasteiger partial charge in [0.15, 0.2) is 0 Å². The van der Waals surface area contributed by atoms with Gasteiger partial charge in [-0.25, -0.2) is 0 Å². The van der Waals surface area contributed by atoms with Crippen LogP contribution in [-0.4, -0.2) is 2.33 Å². The van der Waals surface area contributed by atoms with Crippen LogP contribution in [-0.2, 0) is 0 Å². The van der Waals surface area contributed by atoms with Crippen molar-refractivity contribution < 1.29 is 4.74 Å². The number of ether oxygens (including phenoxy) is 1. The van der Waals surface area contributed by atoms with Crippen LogP contribution in [0.4, 0.5) is 0 Å². The summed E-state index contributed by atoms with van der Waals surface area (Å²) in [6.45, 7) is 0. The fourth-order valence-electron chi connectivity index (χ4n) is 1.41. The van der Waals surface area contributed by atoms with Crippen LogP contribution in [0.5, 0.6) is 5.75 Å². The first-order valence-electron chi connectivity index (χ1n) is 4.30. The van der Waals surface area contributed by atoms with E-state index >= 15 is 0 Å². The van der Waals surface area contributed by atoms with Crippen LogP contribution in [0.25, 0.3) is 10.8 Å². The molecule has 0 fully saturated rings. The lowest BCUT2D eigenvalue weighted by Crippen LogP contribution is -2.10. The largest absolute Gasteiger partial charge is 0.456 e. The maximum Gasteiger partial charge on any atom is 0.272 e. The van der Waals surface area contributed by atoms with Crippen LogP contribution < -0.4 is 4.74 Å². The summed E-state index contributed by atoms with van der Waals surface area (Å²) >= 11 is 9.94. The van der Waals surface area contributed by atoms with E-state index in [9.17, 15) is 0 Å². The Morgan fingerprint density at radius 3 is 2.27 bits per heavy atom. The van der Waals surface area contributed by atoms with Gasteiger partial charge in [-0.1, -0.05) is 36.4 Å². The Morgan fingerprint density at radius 2 is 1.53 bits per heavy atom. The summed E-state index contributed by atoms with van der Waals surface area (Å²) in [5, 5.41) is 2.24. The molecule has 0 radical (unpaired) electrons. The molecule has 0 aromatic heterocycles. The van der Waals surface area contributed by atoms with Gasteiger partial charge in [0.2, 0.25) is 0 Å². The summed E-state index contributed by atoms with van der Waals surface area (Å²) in [6, 6.07) is 14.0. The van der Waals surface area contributed by atoms with E-state index in [0.717, 1.165) is 16.5 Å². The van der Waals surface area contributed by atoms with Gasteiger partial charge in [0.05, 0.1) is 0 Å². The maximum absolute atomic E-state index is 5.66. The molecule has 2 aromatic carbocycles. The highest BCUT2D eigenvalue weighted by Crippen LogP contribution is 2.38. The molecule has 0 aliphatic rings. The van der Waals surface area contributed by atoms with Crippen LogP contribution >= 0.6 is 47.8 Å². The molecule has 0 saturated heterocycles. The number of hydrogen-bond acceptors (Lipinski definition) is 1. The number of alkyl halides is 3. The van der Waals surface area contributed by atoms with Crippen molar-refractivity contribution in [3.8, 4) is 5.75 Å². The molecular formula is C11H7Br3O. The Hall–Kier alpha value is -0.0600. The standard InChI is InChI=1S/C11H7Br3O/c12-11(13,14)15-10-7-3-5-8-4-1-2-6-9(8)10/h1-7H. The predicted octanol–water partition coefficient (Wildman–Crippen LogP) is 5.01. The lowest BCUT2D eigenvalue weighted by Gasteiger charge is -2.16. The van der Waals surface area contributed by atoms with Gasteiger partial charge in [-0.15, -0.1) is 0 Å². The second-order valence-electron chi connectivity index (χ2n) is 3.03. The van der Waals surface area contributed by atoms with E-state index in [1.807, 2.05) is 30.3 Å². The first kappa shape index (κ1) is 11.4. The fraction of sp³-hybridized carbons (Fsp3) is 0.0909. The molecule has 0 aliphatic carbocycles. The minimum atomic E-state index is -0.711. The zero-order valence-corrected chi connectivity index (χ0v) is 12.3. The number of hydrogen-bond donors (Lipinski definition) is 0. The topological polar surface area (TPSA) is 9.23 Å². The van der Waals surface area contributed by atoms with Gasteiger partial charge in [0.25, 0.3) is 2.33 Å². The summed E-state index contributed by atoms with van der Waals surface area (Å²) in [7, 11) is 0. The molecule has 2 aromatic rings. The van der Waals surface area contributed by atoms with Crippen molar-refractivity contribution in [3.63, 3.8) is 0 Å². The van der Waals surface area contributed by atoms with Crippen molar-refractivity contribution in [1.29, 1.82) is 0 Å². The zero-order valence-electron chi connectivity index (χ0n) is 7.58. The number of halogens is 3. The van der Waals surface area contributed by atoms with E-state index in [0.29, 0.717) is 0 Å². The molecule has 4 heteroatoms. The van der Waals surface area contributed by atoms with E-state index in [-0.39, 0.29) is 0 Å². The monoisotopic (exact) mass is 392 g/mol. The molecule has 0 atom stereocenters. The molecule has 0 bridgehead atoms. The van der Waals surface area contributed by atoms with Gasteiger partial charge in [-0.2, -0.15) is 0 Å². The molecule has 2 rings (SSSR count). The molecular weight excluding hydrogens is 388 g/mol. The van der Waals surface area contributed by atoms with Crippen LogP contribution in [0.3, 0.4) is 0 Å². The first-order chi connectivity index (χ1) is 7.06. The Labute approximate surface area is 113 Å². The van der Waals surface area contributed by atoms with Crippen LogP contribution in [0.2, 0.25) is 0 Å². The molecule has 0 heterocycles.